The molecule has 89 valence electrons. The van der Waals surface area contributed by atoms with Gasteiger partial charge in [0.2, 0.25) is 0 Å². The highest BCUT2D eigenvalue weighted by molar-refractivity contribution is 7.18. The molecule has 6 heteroatoms. The van der Waals surface area contributed by atoms with Crippen molar-refractivity contribution in [2.45, 2.75) is 6.10 Å². The van der Waals surface area contributed by atoms with E-state index in [1.165, 1.54) is 17.8 Å². The number of aliphatic hydroxyl groups excluding tert-OH is 1. The van der Waals surface area contributed by atoms with Gasteiger partial charge in [0.15, 0.2) is 6.10 Å². The number of amides is 1. The van der Waals surface area contributed by atoms with Crippen molar-refractivity contribution in [1.29, 1.82) is 0 Å². The molecular weight excluding hydrogens is 240 g/mol. The van der Waals surface area contributed by atoms with Gasteiger partial charge in [-0.05, 0) is 12.1 Å². The lowest BCUT2D eigenvalue weighted by Gasteiger charge is -2.11. The van der Waals surface area contributed by atoms with Gasteiger partial charge in [0.25, 0.3) is 0 Å². The van der Waals surface area contributed by atoms with Gasteiger partial charge in [0, 0.05) is 6.42 Å². The fourth-order valence-electron chi connectivity index (χ4n) is 1.43. The number of ether oxygens (including phenoxy) is 1. The van der Waals surface area contributed by atoms with Gasteiger partial charge in [0.1, 0.15) is 5.01 Å². The van der Waals surface area contributed by atoms with E-state index in [4.69, 9.17) is 15.6 Å². The van der Waals surface area contributed by atoms with Gasteiger partial charge >= 0.3 is 6.09 Å². The second kappa shape index (κ2) is 5.11. The molecule has 3 N–H and O–H groups in total. The molecule has 0 aliphatic heterocycles. The van der Waals surface area contributed by atoms with Crippen LogP contribution in [-0.2, 0) is 4.74 Å². The van der Waals surface area contributed by atoms with Crippen LogP contribution in [0, 0.1) is 6.42 Å². The summed E-state index contributed by atoms with van der Waals surface area (Å²) in [6, 6.07) is 7.59. The third-order valence-corrected chi connectivity index (χ3v) is 3.21. The Bertz CT molecular complexity index is 493. The van der Waals surface area contributed by atoms with Crippen molar-refractivity contribution in [3.05, 3.63) is 35.7 Å². The predicted octanol–water partition coefficient (Wildman–Crippen LogP) is 1.63. The van der Waals surface area contributed by atoms with Crippen molar-refractivity contribution in [3.63, 3.8) is 0 Å². The van der Waals surface area contributed by atoms with E-state index < -0.39 is 12.2 Å². The van der Waals surface area contributed by atoms with E-state index in [2.05, 4.69) is 4.98 Å². The smallest absolute Gasteiger partial charge is 0.405 e. The predicted molar refractivity (Wildman–Crippen MR) is 64.4 cm³/mol. The number of nitrogens with two attached hydrogens (primary N) is 1. The monoisotopic (exact) mass is 251 g/mol. The quantitative estimate of drug-likeness (QED) is 0.864. The first-order chi connectivity index (χ1) is 8.20. The summed E-state index contributed by atoms with van der Waals surface area (Å²) in [6.45, 7) is -0.214. The van der Waals surface area contributed by atoms with Crippen LogP contribution in [0.2, 0.25) is 0 Å². The minimum atomic E-state index is -0.890. The molecule has 0 fully saturated rings. The molecule has 1 unspecified atom stereocenters. The minimum absolute atomic E-state index is 0.214. The summed E-state index contributed by atoms with van der Waals surface area (Å²) < 4.78 is 5.87. The number of para-hydroxylation sites is 1. The first-order valence-corrected chi connectivity index (χ1v) is 5.78. The summed E-state index contributed by atoms with van der Waals surface area (Å²) in [5.74, 6) is 0. The molecule has 1 heterocycles. The summed E-state index contributed by atoms with van der Waals surface area (Å²) >= 11 is 1.40. The van der Waals surface area contributed by atoms with Crippen molar-refractivity contribution in [2.75, 3.05) is 6.61 Å². The summed E-state index contributed by atoms with van der Waals surface area (Å²) in [5, 5.41) is 9.47. The van der Waals surface area contributed by atoms with Crippen LogP contribution < -0.4 is 5.73 Å². The van der Waals surface area contributed by atoms with Gasteiger partial charge < -0.3 is 15.6 Å². The molecule has 0 spiro atoms. The lowest BCUT2D eigenvalue weighted by Crippen LogP contribution is -2.18. The first-order valence-electron chi connectivity index (χ1n) is 4.96. The number of carbonyl (C=O) groups is 1. The molecule has 1 aromatic heterocycles. The number of aliphatic hydroxyl groups is 1. The van der Waals surface area contributed by atoms with Crippen LogP contribution in [0.1, 0.15) is 11.1 Å². The maximum atomic E-state index is 10.7. The van der Waals surface area contributed by atoms with Gasteiger partial charge in [0.05, 0.1) is 16.8 Å². The summed E-state index contributed by atoms with van der Waals surface area (Å²) in [4.78, 5) is 15.1. The largest absolute Gasteiger partial charge is 0.439 e. The molecule has 0 bridgehead atoms. The second-order valence-electron chi connectivity index (χ2n) is 3.30. The normalized spacial score (nSPS) is 12.5. The van der Waals surface area contributed by atoms with Crippen molar-refractivity contribution in [3.8, 4) is 0 Å². The summed E-state index contributed by atoms with van der Waals surface area (Å²) in [7, 11) is 0. The van der Waals surface area contributed by atoms with Gasteiger partial charge in [-0.3, -0.25) is 0 Å². The number of nitrogens with zero attached hydrogens (tertiary/aromatic N) is 1. The van der Waals surface area contributed by atoms with Crippen molar-refractivity contribution in [2.24, 2.45) is 5.73 Å². The van der Waals surface area contributed by atoms with Crippen LogP contribution in [0.3, 0.4) is 0 Å². The van der Waals surface area contributed by atoms with E-state index in [9.17, 15) is 4.79 Å². The molecule has 1 amide bonds. The van der Waals surface area contributed by atoms with Crippen LogP contribution in [0.15, 0.2) is 24.3 Å². The maximum Gasteiger partial charge on any atom is 0.405 e. The molecule has 0 saturated heterocycles. The average Bonchev–Trinajstić information content (AvgIpc) is 2.71. The van der Waals surface area contributed by atoms with Crippen molar-refractivity contribution in [1.82, 2.24) is 4.98 Å². The molecule has 17 heavy (non-hydrogen) atoms. The molecular formula is C11H11N2O3S. The van der Waals surface area contributed by atoms with Crippen LogP contribution in [-0.4, -0.2) is 22.8 Å². The lowest BCUT2D eigenvalue weighted by atomic mass is 10.3. The lowest BCUT2D eigenvalue weighted by molar-refractivity contribution is 0.115. The Morgan fingerprint density at radius 2 is 2.35 bits per heavy atom. The van der Waals surface area contributed by atoms with Crippen LogP contribution in [0.25, 0.3) is 10.2 Å². The molecule has 5 nitrogen and oxygen atoms in total. The van der Waals surface area contributed by atoms with Crippen LogP contribution >= 0.6 is 11.3 Å². The minimum Gasteiger partial charge on any atom is -0.439 e. The SMILES string of the molecule is NC(=O)OC([CH]CO)c1nc2ccccc2s1. The van der Waals surface area contributed by atoms with Gasteiger partial charge in [-0.1, -0.05) is 12.1 Å². The molecule has 1 radical (unpaired) electrons. The Labute approximate surface area is 102 Å². The number of aromatic nitrogens is 1. The number of hydrogen-bond donors (Lipinski definition) is 2. The Morgan fingerprint density at radius 3 is 3.00 bits per heavy atom. The molecule has 0 aliphatic carbocycles. The number of benzene rings is 1. The number of thiazole rings is 1. The Kier molecular flexibility index (Phi) is 3.55. The van der Waals surface area contributed by atoms with Gasteiger partial charge in [-0.2, -0.15) is 0 Å². The Morgan fingerprint density at radius 1 is 1.59 bits per heavy atom. The number of hydrogen-bond acceptors (Lipinski definition) is 5. The highest BCUT2D eigenvalue weighted by Gasteiger charge is 2.19. The van der Waals surface area contributed by atoms with Crippen LogP contribution in [0.5, 0.6) is 0 Å². The number of primary amides is 1. The fourth-order valence-corrected chi connectivity index (χ4v) is 2.43. The van der Waals surface area contributed by atoms with Gasteiger partial charge in [-0.25, -0.2) is 9.78 Å². The zero-order chi connectivity index (χ0) is 12.3. The zero-order valence-electron chi connectivity index (χ0n) is 8.87. The maximum absolute atomic E-state index is 10.7. The van der Waals surface area contributed by atoms with Crippen LogP contribution in [0.4, 0.5) is 4.79 Å². The van der Waals surface area contributed by atoms with E-state index in [0.717, 1.165) is 10.2 Å². The zero-order valence-corrected chi connectivity index (χ0v) is 9.68. The number of carbonyl (C=O) groups excluding carboxylic acids is 1. The molecule has 2 rings (SSSR count). The number of fused-ring (bicyclic) bond motifs is 1. The average molecular weight is 251 g/mol. The van der Waals surface area contributed by atoms with E-state index >= 15 is 0 Å². The van der Waals surface area contributed by atoms with Crippen molar-refractivity contribution < 1.29 is 14.6 Å². The molecule has 0 saturated carbocycles. The molecule has 1 atom stereocenters. The Balaban J connectivity index is 2.31. The standard InChI is InChI=1S/C11H11N2O3S/c12-11(15)16-8(5-6-14)10-13-7-3-1-2-4-9(7)17-10/h1-5,8,14H,6H2,(H2,12,15). The van der Waals surface area contributed by atoms with E-state index in [1.807, 2.05) is 24.3 Å². The Hall–Kier alpha value is -1.66. The summed E-state index contributed by atoms with van der Waals surface area (Å²) in [6.07, 6.45) is -0.156. The van der Waals surface area contributed by atoms with Gasteiger partial charge in [-0.15, -0.1) is 11.3 Å². The highest BCUT2D eigenvalue weighted by Crippen LogP contribution is 2.29. The van der Waals surface area contributed by atoms with E-state index in [0.29, 0.717) is 5.01 Å². The second-order valence-corrected chi connectivity index (χ2v) is 4.36. The summed E-state index contributed by atoms with van der Waals surface area (Å²) in [5.41, 5.74) is 5.80. The van der Waals surface area contributed by atoms with E-state index in [-0.39, 0.29) is 6.61 Å². The first kappa shape index (κ1) is 11.8. The topological polar surface area (TPSA) is 85.4 Å². The third-order valence-electron chi connectivity index (χ3n) is 2.12. The molecule has 2 aromatic rings. The van der Waals surface area contributed by atoms with E-state index in [1.54, 1.807) is 0 Å². The highest BCUT2D eigenvalue weighted by atomic mass is 32.1. The number of rotatable bonds is 4. The molecule has 1 aromatic carbocycles. The third kappa shape index (κ3) is 2.72. The molecule has 0 aliphatic rings. The fraction of sp³-hybridized carbons (Fsp3) is 0.182. The van der Waals surface area contributed by atoms with Crippen molar-refractivity contribution >= 4 is 27.6 Å².